The Morgan fingerprint density at radius 3 is 2.47 bits per heavy atom. The number of nitrogens with zero attached hydrogens (tertiary/aromatic N) is 1. The first-order chi connectivity index (χ1) is 9.14. The summed E-state index contributed by atoms with van der Waals surface area (Å²) in [6, 6.07) is 10.6. The van der Waals surface area contributed by atoms with Gasteiger partial charge in [-0.05, 0) is 38.4 Å². The van der Waals surface area contributed by atoms with Gasteiger partial charge in [0.15, 0.2) is 6.29 Å². The van der Waals surface area contributed by atoms with Crippen molar-refractivity contribution in [3.63, 3.8) is 0 Å². The average molecular weight is 263 g/mol. The fraction of sp³-hybridized carbons (Fsp3) is 0.625. The predicted molar refractivity (Wildman–Crippen MR) is 76.7 cm³/mol. The molecule has 19 heavy (non-hydrogen) atoms. The molecule has 1 saturated heterocycles. The van der Waals surface area contributed by atoms with Crippen LogP contribution in [0.2, 0.25) is 0 Å². The third-order valence-corrected chi connectivity index (χ3v) is 4.17. The van der Waals surface area contributed by atoms with E-state index in [1.165, 1.54) is 5.56 Å². The van der Waals surface area contributed by atoms with Gasteiger partial charge < -0.3 is 9.84 Å². The van der Waals surface area contributed by atoms with Crippen molar-refractivity contribution in [3.8, 4) is 0 Å². The zero-order valence-electron chi connectivity index (χ0n) is 12.0. The monoisotopic (exact) mass is 263 g/mol. The van der Waals surface area contributed by atoms with Crippen molar-refractivity contribution in [1.82, 2.24) is 4.90 Å². The number of hydrogen-bond donors (Lipinski definition) is 1. The molecule has 1 unspecified atom stereocenters. The molecule has 1 aliphatic rings. The molecule has 1 fully saturated rings. The second kappa shape index (κ2) is 6.51. The minimum Gasteiger partial charge on any atom is -0.367 e. The summed E-state index contributed by atoms with van der Waals surface area (Å²) in [6.45, 7) is 7.68. The molecular weight excluding hydrogens is 238 g/mol. The summed E-state index contributed by atoms with van der Waals surface area (Å²) in [4.78, 5) is 2.45. The highest BCUT2D eigenvalue weighted by Gasteiger charge is 2.37. The van der Waals surface area contributed by atoms with E-state index < -0.39 is 6.29 Å². The molecule has 1 atom stereocenters. The first-order valence-electron chi connectivity index (χ1n) is 7.20. The van der Waals surface area contributed by atoms with Crippen LogP contribution in [-0.2, 0) is 11.3 Å². The predicted octanol–water partition coefficient (Wildman–Crippen LogP) is 2.64. The van der Waals surface area contributed by atoms with E-state index in [0.29, 0.717) is 6.61 Å². The number of likely N-dealkylation sites (tertiary alicyclic amines) is 1. The molecule has 0 spiro atoms. The van der Waals surface area contributed by atoms with Crippen LogP contribution in [-0.4, -0.2) is 36.0 Å². The number of aliphatic hydroxyl groups excluding tert-OH is 1. The fourth-order valence-electron chi connectivity index (χ4n) is 2.67. The third kappa shape index (κ3) is 3.78. The molecule has 0 radical (unpaired) electrons. The summed E-state index contributed by atoms with van der Waals surface area (Å²) in [5, 5.41) is 10.1. The van der Waals surface area contributed by atoms with Gasteiger partial charge in [-0.3, -0.25) is 4.90 Å². The van der Waals surface area contributed by atoms with Gasteiger partial charge in [-0.2, -0.15) is 0 Å². The first kappa shape index (κ1) is 14.5. The van der Waals surface area contributed by atoms with E-state index in [9.17, 15) is 5.11 Å². The molecule has 1 N–H and O–H groups in total. The van der Waals surface area contributed by atoms with Gasteiger partial charge in [0.25, 0.3) is 0 Å². The lowest BCUT2D eigenvalue weighted by atomic mass is 9.79. The van der Waals surface area contributed by atoms with Crippen LogP contribution in [0.25, 0.3) is 0 Å². The third-order valence-electron chi connectivity index (χ3n) is 4.17. The maximum atomic E-state index is 10.1. The van der Waals surface area contributed by atoms with Crippen molar-refractivity contribution >= 4 is 0 Å². The number of piperidine rings is 1. The zero-order valence-corrected chi connectivity index (χ0v) is 12.0. The Morgan fingerprint density at radius 2 is 1.89 bits per heavy atom. The molecule has 2 rings (SSSR count). The van der Waals surface area contributed by atoms with Crippen molar-refractivity contribution in [1.29, 1.82) is 0 Å². The quantitative estimate of drug-likeness (QED) is 0.829. The summed E-state index contributed by atoms with van der Waals surface area (Å²) in [7, 11) is 0. The molecule has 1 aromatic carbocycles. The largest absolute Gasteiger partial charge is 0.367 e. The van der Waals surface area contributed by atoms with Crippen molar-refractivity contribution < 1.29 is 9.84 Å². The van der Waals surface area contributed by atoms with Gasteiger partial charge in [-0.15, -0.1) is 0 Å². The van der Waals surface area contributed by atoms with Crippen LogP contribution >= 0.6 is 0 Å². The van der Waals surface area contributed by atoms with Gasteiger partial charge in [0.2, 0.25) is 0 Å². The summed E-state index contributed by atoms with van der Waals surface area (Å²) in [5.74, 6) is 0. The van der Waals surface area contributed by atoms with E-state index in [2.05, 4.69) is 42.2 Å². The zero-order chi connectivity index (χ0) is 13.7. The molecule has 0 bridgehead atoms. The Morgan fingerprint density at radius 1 is 1.26 bits per heavy atom. The van der Waals surface area contributed by atoms with Crippen LogP contribution < -0.4 is 0 Å². The highest BCUT2D eigenvalue weighted by atomic mass is 16.6. The Balaban J connectivity index is 1.85. The maximum absolute atomic E-state index is 10.1. The van der Waals surface area contributed by atoms with Gasteiger partial charge >= 0.3 is 0 Å². The number of benzene rings is 1. The van der Waals surface area contributed by atoms with Crippen LogP contribution in [0.1, 0.15) is 32.3 Å². The number of ether oxygens (including phenoxy) is 1. The second-order valence-corrected chi connectivity index (χ2v) is 5.72. The Hall–Kier alpha value is -0.900. The molecule has 1 aliphatic heterocycles. The van der Waals surface area contributed by atoms with Crippen molar-refractivity contribution in [2.24, 2.45) is 5.41 Å². The van der Waals surface area contributed by atoms with Crippen molar-refractivity contribution in [3.05, 3.63) is 35.9 Å². The summed E-state index contributed by atoms with van der Waals surface area (Å²) < 4.78 is 5.37. The fourth-order valence-corrected chi connectivity index (χ4v) is 2.67. The van der Waals surface area contributed by atoms with E-state index in [1.807, 2.05) is 6.92 Å². The van der Waals surface area contributed by atoms with Gasteiger partial charge in [-0.25, -0.2) is 0 Å². The van der Waals surface area contributed by atoms with Gasteiger partial charge in [0, 0.05) is 18.6 Å². The number of aliphatic hydroxyl groups is 1. The van der Waals surface area contributed by atoms with Crippen molar-refractivity contribution in [2.75, 3.05) is 19.7 Å². The SMILES string of the molecule is CCOC(O)C1(C)CCN(Cc2ccccc2)CC1. The summed E-state index contributed by atoms with van der Waals surface area (Å²) in [6.07, 6.45) is 1.35. The van der Waals surface area contributed by atoms with Crippen LogP contribution in [0.4, 0.5) is 0 Å². The van der Waals surface area contributed by atoms with Gasteiger partial charge in [-0.1, -0.05) is 37.3 Å². The minimum atomic E-state index is -0.628. The topological polar surface area (TPSA) is 32.7 Å². The molecule has 3 nitrogen and oxygen atoms in total. The highest BCUT2D eigenvalue weighted by Crippen LogP contribution is 2.35. The maximum Gasteiger partial charge on any atom is 0.159 e. The molecule has 3 heteroatoms. The Kier molecular flexibility index (Phi) is 4.97. The van der Waals surface area contributed by atoms with Gasteiger partial charge in [0.05, 0.1) is 0 Å². The molecule has 1 heterocycles. The molecule has 0 amide bonds. The molecule has 106 valence electrons. The lowest BCUT2D eigenvalue weighted by Crippen LogP contribution is -2.45. The lowest BCUT2D eigenvalue weighted by molar-refractivity contribution is -0.181. The minimum absolute atomic E-state index is 0.0940. The van der Waals surface area contributed by atoms with Crippen LogP contribution in [0, 0.1) is 5.41 Å². The van der Waals surface area contributed by atoms with E-state index in [-0.39, 0.29) is 5.41 Å². The Bertz CT molecular complexity index is 372. The summed E-state index contributed by atoms with van der Waals surface area (Å²) >= 11 is 0. The van der Waals surface area contributed by atoms with Crippen LogP contribution in [0.3, 0.4) is 0 Å². The normalized spacial score (nSPS) is 21.2. The molecule has 0 aromatic heterocycles. The van der Waals surface area contributed by atoms with Crippen molar-refractivity contribution in [2.45, 2.75) is 39.5 Å². The summed E-state index contributed by atoms with van der Waals surface area (Å²) in [5.41, 5.74) is 1.26. The van der Waals surface area contributed by atoms with Crippen LogP contribution in [0.5, 0.6) is 0 Å². The molecule has 0 aliphatic carbocycles. The van der Waals surface area contributed by atoms with E-state index in [4.69, 9.17) is 4.74 Å². The van der Waals surface area contributed by atoms with Gasteiger partial charge in [0.1, 0.15) is 0 Å². The average Bonchev–Trinajstić information content (AvgIpc) is 2.43. The van der Waals surface area contributed by atoms with Crippen LogP contribution in [0.15, 0.2) is 30.3 Å². The van der Waals surface area contributed by atoms with E-state index >= 15 is 0 Å². The molecular formula is C16H25NO2. The molecule has 1 aromatic rings. The van der Waals surface area contributed by atoms with E-state index in [1.54, 1.807) is 0 Å². The smallest absolute Gasteiger partial charge is 0.159 e. The first-order valence-corrected chi connectivity index (χ1v) is 7.20. The van der Waals surface area contributed by atoms with E-state index in [0.717, 1.165) is 32.5 Å². The second-order valence-electron chi connectivity index (χ2n) is 5.72. The number of hydrogen-bond acceptors (Lipinski definition) is 3. The number of rotatable bonds is 5. The molecule has 0 saturated carbocycles. The lowest BCUT2D eigenvalue weighted by Gasteiger charge is -2.41. The Labute approximate surface area is 116 Å². The highest BCUT2D eigenvalue weighted by molar-refractivity contribution is 5.14. The standard InChI is InChI=1S/C16H25NO2/c1-3-19-15(18)16(2)9-11-17(12-10-16)13-14-7-5-4-6-8-14/h4-8,15,18H,3,9-13H2,1-2H3.